The van der Waals surface area contributed by atoms with E-state index >= 15 is 0 Å². The predicted molar refractivity (Wildman–Crippen MR) is 79.5 cm³/mol. The second-order valence-electron chi connectivity index (χ2n) is 5.31. The Kier molecular flexibility index (Phi) is 2.55. The number of aliphatic hydroxyl groups is 1. The van der Waals surface area contributed by atoms with Crippen molar-refractivity contribution in [3.63, 3.8) is 0 Å². The average Bonchev–Trinajstić information content (AvgIpc) is 2.46. The minimum absolute atomic E-state index is 0.0409. The number of aryl methyl sites for hydroxylation is 1. The fraction of sp³-hybridized carbons (Fsp3) is 0.118. The van der Waals surface area contributed by atoms with Crippen LogP contribution in [-0.4, -0.2) is 10.2 Å². The molecule has 0 spiro atoms. The van der Waals surface area contributed by atoms with Crippen molar-refractivity contribution in [2.45, 2.75) is 13.0 Å². The number of ether oxygens (including phenoxy) is 1. The number of aliphatic hydroxyl groups excluding tert-OH is 1. The van der Waals surface area contributed by atoms with Gasteiger partial charge in [-0.2, -0.15) is 0 Å². The summed E-state index contributed by atoms with van der Waals surface area (Å²) >= 11 is 0. The molecule has 0 radical (unpaired) electrons. The summed E-state index contributed by atoms with van der Waals surface area (Å²) in [5, 5.41) is 20.9. The molecule has 0 fully saturated rings. The van der Waals surface area contributed by atoms with Gasteiger partial charge in [0.1, 0.15) is 28.7 Å². The molecule has 1 aromatic heterocycles. The van der Waals surface area contributed by atoms with Gasteiger partial charge in [0, 0.05) is 11.6 Å². The van der Waals surface area contributed by atoms with Crippen LogP contribution >= 0.6 is 0 Å². The number of para-hydroxylation sites is 1. The third-order valence-corrected chi connectivity index (χ3v) is 3.89. The second kappa shape index (κ2) is 4.35. The number of benzene rings is 2. The summed E-state index contributed by atoms with van der Waals surface area (Å²) in [6.07, 6.45) is -1.15. The molecule has 5 heteroatoms. The molecule has 2 N–H and O–H groups in total. The van der Waals surface area contributed by atoms with Crippen LogP contribution in [0.4, 0.5) is 0 Å². The quantitative estimate of drug-likeness (QED) is 0.623. The van der Waals surface area contributed by atoms with Crippen molar-refractivity contribution in [2.75, 3.05) is 0 Å². The Morgan fingerprint density at radius 3 is 2.73 bits per heavy atom. The van der Waals surface area contributed by atoms with Gasteiger partial charge in [-0.05, 0) is 30.7 Å². The van der Waals surface area contributed by atoms with Crippen LogP contribution in [0.25, 0.3) is 11.0 Å². The summed E-state index contributed by atoms with van der Waals surface area (Å²) in [5.41, 5.74) is 0.951. The number of phenols is 1. The van der Waals surface area contributed by atoms with Crippen molar-refractivity contribution in [1.82, 2.24) is 0 Å². The average molecular weight is 296 g/mol. The third kappa shape index (κ3) is 1.66. The van der Waals surface area contributed by atoms with E-state index in [1.165, 1.54) is 12.1 Å². The lowest BCUT2D eigenvalue weighted by Gasteiger charge is -2.26. The summed E-state index contributed by atoms with van der Waals surface area (Å²) in [6, 6.07) is 9.90. The molecule has 3 aromatic rings. The van der Waals surface area contributed by atoms with Gasteiger partial charge in [-0.15, -0.1) is 0 Å². The lowest BCUT2D eigenvalue weighted by Crippen LogP contribution is -2.20. The van der Waals surface area contributed by atoms with E-state index in [-0.39, 0.29) is 17.1 Å². The minimum atomic E-state index is -1.15. The van der Waals surface area contributed by atoms with Gasteiger partial charge in [0.05, 0.1) is 5.39 Å². The van der Waals surface area contributed by atoms with Crippen LogP contribution in [0, 0.1) is 6.92 Å². The zero-order valence-electron chi connectivity index (χ0n) is 11.7. The van der Waals surface area contributed by atoms with Gasteiger partial charge in [-0.3, -0.25) is 0 Å². The van der Waals surface area contributed by atoms with Crippen LogP contribution in [-0.2, 0) is 0 Å². The van der Waals surface area contributed by atoms with Crippen molar-refractivity contribution in [2.24, 2.45) is 0 Å². The first kappa shape index (κ1) is 12.9. The molecule has 1 aliphatic heterocycles. The Balaban J connectivity index is 2.09. The van der Waals surface area contributed by atoms with Crippen LogP contribution in [0.3, 0.4) is 0 Å². The Bertz CT molecular complexity index is 971. The maximum absolute atomic E-state index is 12.2. The van der Waals surface area contributed by atoms with Gasteiger partial charge in [0.15, 0.2) is 5.75 Å². The van der Waals surface area contributed by atoms with Crippen LogP contribution in [0.2, 0.25) is 0 Å². The van der Waals surface area contributed by atoms with Gasteiger partial charge in [0.2, 0.25) is 0 Å². The first-order chi connectivity index (χ1) is 10.6. The van der Waals surface area contributed by atoms with Gasteiger partial charge < -0.3 is 19.4 Å². The van der Waals surface area contributed by atoms with Crippen molar-refractivity contribution >= 4 is 11.0 Å². The number of fused-ring (bicyclic) bond motifs is 4. The number of aromatic hydroxyl groups is 1. The molecule has 110 valence electrons. The van der Waals surface area contributed by atoms with E-state index in [0.29, 0.717) is 27.8 Å². The molecule has 4 rings (SSSR count). The van der Waals surface area contributed by atoms with Gasteiger partial charge in [-0.1, -0.05) is 12.1 Å². The standard InChI is InChI=1S/C17H12O5/c1-8-6-9(18)7-12-13(8)15(19)14-16(21-12)10-4-2-3-5-11(10)22-17(14)20/h2-7,15,18-19H,1H3. The van der Waals surface area contributed by atoms with E-state index < -0.39 is 11.7 Å². The van der Waals surface area contributed by atoms with Gasteiger partial charge in [0.25, 0.3) is 0 Å². The molecule has 0 saturated carbocycles. The van der Waals surface area contributed by atoms with Crippen LogP contribution in [0.15, 0.2) is 45.6 Å². The van der Waals surface area contributed by atoms with Crippen LogP contribution in [0.1, 0.15) is 22.8 Å². The Morgan fingerprint density at radius 1 is 1.14 bits per heavy atom. The molecular formula is C17H12O5. The highest BCUT2D eigenvalue weighted by Crippen LogP contribution is 2.46. The molecule has 2 aromatic carbocycles. The predicted octanol–water partition coefficient (Wildman–Crippen LogP) is 2.99. The van der Waals surface area contributed by atoms with Crippen molar-refractivity contribution in [1.29, 1.82) is 0 Å². The van der Waals surface area contributed by atoms with Crippen molar-refractivity contribution in [3.8, 4) is 17.2 Å². The summed E-state index contributed by atoms with van der Waals surface area (Å²) in [7, 11) is 0. The summed E-state index contributed by atoms with van der Waals surface area (Å²) in [6.45, 7) is 1.73. The van der Waals surface area contributed by atoms with Crippen molar-refractivity contribution in [3.05, 3.63) is 63.5 Å². The zero-order chi connectivity index (χ0) is 15.4. The highest BCUT2D eigenvalue weighted by Gasteiger charge is 2.32. The molecule has 0 bridgehead atoms. The molecule has 0 aliphatic carbocycles. The molecule has 1 aliphatic rings. The smallest absolute Gasteiger partial charge is 0.346 e. The fourth-order valence-corrected chi connectivity index (χ4v) is 2.92. The molecule has 2 heterocycles. The van der Waals surface area contributed by atoms with Crippen molar-refractivity contribution < 1.29 is 19.4 Å². The zero-order valence-corrected chi connectivity index (χ0v) is 11.7. The van der Waals surface area contributed by atoms with Crippen LogP contribution in [0.5, 0.6) is 17.2 Å². The lowest BCUT2D eigenvalue weighted by molar-refractivity contribution is 0.197. The molecule has 1 atom stereocenters. The van der Waals surface area contributed by atoms with Gasteiger partial charge in [-0.25, -0.2) is 4.79 Å². The number of rotatable bonds is 0. The summed E-state index contributed by atoms with van der Waals surface area (Å²) in [4.78, 5) is 12.2. The highest BCUT2D eigenvalue weighted by atomic mass is 16.5. The van der Waals surface area contributed by atoms with E-state index in [1.54, 1.807) is 31.2 Å². The molecule has 5 nitrogen and oxygen atoms in total. The second-order valence-corrected chi connectivity index (χ2v) is 5.31. The Labute approximate surface area is 125 Å². The summed E-state index contributed by atoms with van der Waals surface area (Å²) in [5.74, 6) is 0.657. The number of hydrogen-bond acceptors (Lipinski definition) is 5. The topological polar surface area (TPSA) is 79.9 Å². The first-order valence-corrected chi connectivity index (χ1v) is 6.81. The van der Waals surface area contributed by atoms with Gasteiger partial charge >= 0.3 is 5.63 Å². The maximum atomic E-state index is 12.2. The highest BCUT2D eigenvalue weighted by molar-refractivity contribution is 5.86. The van der Waals surface area contributed by atoms with Crippen LogP contribution < -0.4 is 10.4 Å². The maximum Gasteiger partial charge on any atom is 0.346 e. The molecule has 22 heavy (non-hydrogen) atoms. The van der Waals surface area contributed by atoms with E-state index in [0.717, 1.165) is 0 Å². The monoisotopic (exact) mass is 296 g/mol. The molecule has 0 saturated heterocycles. The molecular weight excluding hydrogens is 284 g/mol. The molecule has 1 unspecified atom stereocenters. The number of phenolic OH excluding ortho intramolecular Hbond substituents is 1. The summed E-state index contributed by atoms with van der Waals surface area (Å²) < 4.78 is 11.1. The Morgan fingerprint density at radius 2 is 1.91 bits per heavy atom. The van der Waals surface area contributed by atoms with E-state index in [9.17, 15) is 15.0 Å². The minimum Gasteiger partial charge on any atom is -0.508 e. The largest absolute Gasteiger partial charge is 0.508 e. The third-order valence-electron chi connectivity index (χ3n) is 3.89. The molecule has 0 amide bonds. The lowest BCUT2D eigenvalue weighted by atomic mass is 9.93. The number of hydrogen-bond donors (Lipinski definition) is 2. The normalized spacial score (nSPS) is 16.0. The van der Waals surface area contributed by atoms with E-state index in [1.807, 2.05) is 0 Å². The fourth-order valence-electron chi connectivity index (χ4n) is 2.92. The SMILES string of the molecule is Cc1cc(O)cc2c1C(O)c1c(c3ccccc3oc1=O)O2. The first-order valence-electron chi connectivity index (χ1n) is 6.81. The van der Waals surface area contributed by atoms with E-state index in [4.69, 9.17) is 9.15 Å². The van der Waals surface area contributed by atoms with E-state index in [2.05, 4.69) is 0 Å². The Hall–Kier alpha value is -2.79.